The smallest absolute Gasteiger partial charge is 0.262 e. The van der Waals surface area contributed by atoms with Gasteiger partial charge in [-0.05, 0) is 44.5 Å². The number of sulfonamides is 1. The first-order valence-corrected chi connectivity index (χ1v) is 11.9. The van der Waals surface area contributed by atoms with Crippen LogP contribution in [-0.2, 0) is 14.8 Å². The van der Waals surface area contributed by atoms with Gasteiger partial charge in [-0.15, -0.1) is 0 Å². The van der Waals surface area contributed by atoms with E-state index in [-0.39, 0.29) is 45.0 Å². The number of hydrogen-bond donors (Lipinski definition) is 1. The minimum Gasteiger partial charge on any atom is -0.495 e. The molecule has 2 unspecified atom stereocenters. The summed E-state index contributed by atoms with van der Waals surface area (Å²) >= 11 is 6.17. The molecule has 2 atom stereocenters. The van der Waals surface area contributed by atoms with Gasteiger partial charge >= 0.3 is 0 Å². The van der Waals surface area contributed by atoms with Gasteiger partial charge in [0.15, 0.2) is 0 Å². The Morgan fingerprint density at radius 1 is 1.09 bits per heavy atom. The number of nitrogens with zero attached hydrogens (tertiary/aromatic N) is 1. The van der Waals surface area contributed by atoms with Crippen LogP contribution >= 0.6 is 11.6 Å². The van der Waals surface area contributed by atoms with E-state index in [1.54, 1.807) is 24.0 Å². The Labute approximate surface area is 193 Å². The summed E-state index contributed by atoms with van der Waals surface area (Å²) in [6, 6.07) is 7.55. The number of halogens is 1. The third-order valence-electron chi connectivity index (χ3n) is 5.15. The van der Waals surface area contributed by atoms with E-state index < -0.39 is 10.0 Å². The molecule has 1 aliphatic heterocycles. The molecule has 1 saturated heterocycles. The van der Waals surface area contributed by atoms with E-state index in [0.29, 0.717) is 24.4 Å². The van der Waals surface area contributed by atoms with Crippen molar-refractivity contribution in [3.05, 3.63) is 46.5 Å². The van der Waals surface area contributed by atoms with Crippen molar-refractivity contribution >= 4 is 33.2 Å². The van der Waals surface area contributed by atoms with E-state index in [0.717, 1.165) is 0 Å². The lowest BCUT2D eigenvalue weighted by molar-refractivity contribution is -0.0586. The summed E-state index contributed by atoms with van der Waals surface area (Å²) in [5.41, 5.74) is 0.943. The molecular formula is C22H27ClN2O6S. The minimum atomic E-state index is -4.05. The monoisotopic (exact) mass is 482 g/mol. The molecule has 0 aliphatic carbocycles. The van der Waals surface area contributed by atoms with Crippen LogP contribution in [0.4, 0.5) is 5.69 Å². The highest BCUT2D eigenvalue weighted by Crippen LogP contribution is 2.37. The van der Waals surface area contributed by atoms with E-state index in [1.165, 1.54) is 32.4 Å². The highest BCUT2D eigenvalue weighted by Gasteiger charge is 2.28. The van der Waals surface area contributed by atoms with Gasteiger partial charge in [-0.25, -0.2) is 8.42 Å². The molecular weight excluding hydrogens is 456 g/mol. The molecule has 2 aromatic carbocycles. The first-order valence-electron chi connectivity index (χ1n) is 10.1. The Balaban J connectivity index is 1.94. The first kappa shape index (κ1) is 24.2. The molecule has 32 heavy (non-hydrogen) atoms. The zero-order valence-electron chi connectivity index (χ0n) is 18.6. The zero-order chi connectivity index (χ0) is 23.6. The summed E-state index contributed by atoms with van der Waals surface area (Å²) < 4.78 is 45.1. The number of benzene rings is 2. The molecule has 1 N–H and O–H groups in total. The van der Waals surface area contributed by atoms with E-state index in [4.69, 9.17) is 25.8 Å². The number of amides is 1. The zero-order valence-corrected chi connectivity index (χ0v) is 20.2. The van der Waals surface area contributed by atoms with Gasteiger partial charge in [-0.2, -0.15) is 0 Å². The Bertz CT molecular complexity index is 1110. The van der Waals surface area contributed by atoms with Crippen LogP contribution in [0.1, 0.15) is 29.8 Å². The predicted molar refractivity (Wildman–Crippen MR) is 122 cm³/mol. The predicted octanol–water partition coefficient (Wildman–Crippen LogP) is 3.72. The quantitative estimate of drug-likeness (QED) is 0.674. The van der Waals surface area contributed by atoms with Gasteiger partial charge in [0, 0.05) is 24.7 Å². The lowest BCUT2D eigenvalue weighted by atomic mass is 10.1. The van der Waals surface area contributed by atoms with E-state index in [1.807, 2.05) is 13.8 Å². The maximum absolute atomic E-state index is 13.2. The number of hydrogen-bond acceptors (Lipinski definition) is 6. The highest BCUT2D eigenvalue weighted by molar-refractivity contribution is 7.92. The van der Waals surface area contributed by atoms with Gasteiger partial charge in [0.05, 0.1) is 42.0 Å². The lowest BCUT2D eigenvalue weighted by Gasteiger charge is -2.35. The number of anilines is 1. The standard InChI is InChI=1S/C22H27ClN2O6S/c1-13-6-7-16(22(26)25-11-14(2)31-15(3)12-25)8-21(13)32(27,28)24-18-9-17(23)19(29-4)10-20(18)30-5/h6-10,14-15,24H,11-12H2,1-5H3. The lowest BCUT2D eigenvalue weighted by Crippen LogP contribution is -2.48. The van der Waals surface area contributed by atoms with Gasteiger partial charge in [-0.1, -0.05) is 17.7 Å². The first-order chi connectivity index (χ1) is 15.1. The van der Waals surface area contributed by atoms with Gasteiger partial charge in [0.25, 0.3) is 15.9 Å². The van der Waals surface area contributed by atoms with Gasteiger partial charge < -0.3 is 19.1 Å². The number of carbonyl (C=O) groups is 1. The molecule has 1 aliphatic rings. The number of aryl methyl sites for hydroxylation is 1. The van der Waals surface area contributed by atoms with Crippen LogP contribution in [0.2, 0.25) is 5.02 Å². The second-order valence-corrected chi connectivity index (χ2v) is 9.80. The summed E-state index contributed by atoms with van der Waals surface area (Å²) in [5, 5.41) is 0.224. The van der Waals surface area contributed by atoms with Crippen molar-refractivity contribution in [1.29, 1.82) is 0 Å². The molecule has 0 saturated carbocycles. The number of carbonyl (C=O) groups excluding carboxylic acids is 1. The number of nitrogens with one attached hydrogen (secondary N) is 1. The largest absolute Gasteiger partial charge is 0.495 e. The van der Waals surface area contributed by atoms with Crippen molar-refractivity contribution in [2.24, 2.45) is 0 Å². The SMILES string of the molecule is COc1cc(OC)c(NS(=O)(=O)c2cc(C(=O)N3CC(C)OC(C)C3)ccc2C)cc1Cl. The second-order valence-electron chi connectivity index (χ2n) is 7.74. The van der Waals surface area contributed by atoms with Crippen LogP contribution in [0.3, 0.4) is 0 Å². The summed E-state index contributed by atoms with van der Waals surface area (Å²) in [4.78, 5) is 14.7. The summed E-state index contributed by atoms with van der Waals surface area (Å²) in [6.07, 6.45) is -0.185. The highest BCUT2D eigenvalue weighted by atomic mass is 35.5. The third kappa shape index (κ3) is 5.11. The van der Waals surface area contributed by atoms with Crippen molar-refractivity contribution < 1.29 is 27.4 Å². The van der Waals surface area contributed by atoms with Crippen LogP contribution in [0.25, 0.3) is 0 Å². The van der Waals surface area contributed by atoms with Crippen LogP contribution < -0.4 is 14.2 Å². The molecule has 1 amide bonds. The number of ether oxygens (including phenoxy) is 3. The van der Waals surface area contributed by atoms with E-state index in [9.17, 15) is 13.2 Å². The Hall–Kier alpha value is -2.49. The van der Waals surface area contributed by atoms with Crippen molar-refractivity contribution in [2.45, 2.75) is 37.9 Å². The number of morpholine rings is 1. The van der Waals surface area contributed by atoms with Gasteiger partial charge in [0.1, 0.15) is 11.5 Å². The Morgan fingerprint density at radius 2 is 1.72 bits per heavy atom. The van der Waals surface area contributed by atoms with E-state index >= 15 is 0 Å². The molecule has 0 aromatic heterocycles. The molecule has 2 aromatic rings. The molecule has 8 nitrogen and oxygen atoms in total. The van der Waals surface area contributed by atoms with Crippen LogP contribution in [0.15, 0.2) is 35.2 Å². The minimum absolute atomic E-state index is 0.00769. The third-order valence-corrected chi connectivity index (χ3v) is 6.95. The summed E-state index contributed by atoms with van der Waals surface area (Å²) in [6.45, 7) is 6.36. The molecule has 3 rings (SSSR count). The Morgan fingerprint density at radius 3 is 2.31 bits per heavy atom. The average Bonchev–Trinajstić information content (AvgIpc) is 2.72. The molecule has 174 valence electrons. The van der Waals surface area contributed by atoms with Crippen molar-refractivity contribution in [2.75, 3.05) is 32.0 Å². The molecule has 0 radical (unpaired) electrons. The average molecular weight is 483 g/mol. The molecule has 10 heteroatoms. The van der Waals surface area contributed by atoms with Gasteiger partial charge in [0.2, 0.25) is 0 Å². The van der Waals surface area contributed by atoms with Gasteiger partial charge in [-0.3, -0.25) is 9.52 Å². The fourth-order valence-corrected chi connectivity index (χ4v) is 5.26. The topological polar surface area (TPSA) is 94.2 Å². The van der Waals surface area contributed by atoms with E-state index in [2.05, 4.69) is 4.72 Å². The molecule has 1 fully saturated rings. The fraction of sp³-hybridized carbons (Fsp3) is 0.409. The fourth-order valence-electron chi connectivity index (χ4n) is 3.69. The summed E-state index contributed by atoms with van der Waals surface area (Å²) in [5.74, 6) is 0.355. The normalized spacial score (nSPS) is 18.9. The molecule has 0 spiro atoms. The van der Waals surface area contributed by atoms with Crippen molar-refractivity contribution in [3.63, 3.8) is 0 Å². The van der Waals surface area contributed by atoms with Crippen LogP contribution in [0.5, 0.6) is 11.5 Å². The number of methoxy groups -OCH3 is 2. The van der Waals surface area contributed by atoms with Crippen LogP contribution in [-0.4, -0.2) is 58.7 Å². The molecule has 1 heterocycles. The maximum atomic E-state index is 13.2. The second kappa shape index (κ2) is 9.56. The maximum Gasteiger partial charge on any atom is 0.262 e. The van der Waals surface area contributed by atoms with Crippen molar-refractivity contribution in [3.8, 4) is 11.5 Å². The number of rotatable bonds is 6. The molecule has 0 bridgehead atoms. The summed E-state index contributed by atoms with van der Waals surface area (Å²) in [7, 11) is -1.18. The van der Waals surface area contributed by atoms with Crippen LogP contribution in [0, 0.1) is 6.92 Å². The van der Waals surface area contributed by atoms with Crippen molar-refractivity contribution in [1.82, 2.24) is 4.90 Å². The Kier molecular flexibility index (Phi) is 7.22.